The third kappa shape index (κ3) is 6.35. The molecule has 186 valence electrons. The van der Waals surface area contributed by atoms with Gasteiger partial charge in [-0.15, -0.1) is 0 Å². The summed E-state index contributed by atoms with van der Waals surface area (Å²) in [6.07, 6.45) is 0.291. The molecule has 2 aromatic carbocycles. The molecule has 1 fully saturated rings. The van der Waals surface area contributed by atoms with Gasteiger partial charge in [-0.3, -0.25) is 4.79 Å². The highest BCUT2D eigenvalue weighted by Gasteiger charge is 2.26. The molecule has 1 aliphatic rings. The van der Waals surface area contributed by atoms with Crippen molar-refractivity contribution in [3.63, 3.8) is 0 Å². The lowest BCUT2D eigenvalue weighted by molar-refractivity contribution is 0.0953. The van der Waals surface area contributed by atoms with E-state index in [4.69, 9.17) is 0 Å². The lowest BCUT2D eigenvalue weighted by Crippen LogP contribution is -2.49. The van der Waals surface area contributed by atoms with Crippen molar-refractivity contribution in [1.82, 2.24) is 13.9 Å². The zero-order valence-electron chi connectivity index (χ0n) is 19.8. The van der Waals surface area contributed by atoms with Gasteiger partial charge in [0.15, 0.2) is 0 Å². The minimum absolute atomic E-state index is 0.0439. The Morgan fingerprint density at radius 2 is 1.62 bits per heavy atom. The van der Waals surface area contributed by atoms with Gasteiger partial charge in [0.25, 0.3) is 5.91 Å². The summed E-state index contributed by atoms with van der Waals surface area (Å²) in [4.78, 5) is 14.6. The first-order valence-electron chi connectivity index (χ1n) is 11.1. The Bertz CT molecular complexity index is 1200. The van der Waals surface area contributed by atoms with Gasteiger partial charge >= 0.3 is 0 Å². The number of carbonyl (C=O) groups is 1. The van der Waals surface area contributed by atoms with Gasteiger partial charge in [-0.05, 0) is 55.3 Å². The minimum Gasteiger partial charge on any atom is -0.369 e. The largest absolute Gasteiger partial charge is 0.369 e. The van der Waals surface area contributed by atoms with E-state index in [1.807, 2.05) is 25.1 Å². The van der Waals surface area contributed by atoms with E-state index in [0.29, 0.717) is 38.2 Å². The van der Waals surface area contributed by atoms with Crippen LogP contribution in [0, 0.1) is 6.92 Å². The number of aryl methyl sites for hydroxylation is 1. The summed E-state index contributed by atoms with van der Waals surface area (Å²) in [5.41, 5.74) is 2.59. The van der Waals surface area contributed by atoms with Crippen LogP contribution in [0.2, 0.25) is 0 Å². The molecule has 1 heterocycles. The number of hydrogen-bond donors (Lipinski definition) is 1. The van der Waals surface area contributed by atoms with Gasteiger partial charge in [-0.25, -0.2) is 21.1 Å². The van der Waals surface area contributed by atoms with Gasteiger partial charge in [-0.2, -0.15) is 4.31 Å². The van der Waals surface area contributed by atoms with Crippen LogP contribution in [0.5, 0.6) is 0 Å². The first-order valence-corrected chi connectivity index (χ1v) is 14.2. The molecule has 11 heteroatoms. The minimum atomic E-state index is -3.56. The van der Waals surface area contributed by atoms with Crippen LogP contribution in [-0.2, 0) is 20.0 Å². The topological polar surface area (TPSA) is 107 Å². The van der Waals surface area contributed by atoms with Crippen molar-refractivity contribution in [2.75, 3.05) is 57.5 Å². The molecule has 0 aromatic heterocycles. The molecule has 0 aliphatic carbocycles. The molecule has 3 rings (SSSR count). The number of nitrogens with zero attached hydrogens (tertiary/aromatic N) is 3. The van der Waals surface area contributed by atoms with E-state index in [-0.39, 0.29) is 23.1 Å². The zero-order valence-corrected chi connectivity index (χ0v) is 21.4. The maximum Gasteiger partial charge on any atom is 0.251 e. The maximum atomic E-state index is 12.7. The van der Waals surface area contributed by atoms with E-state index in [9.17, 15) is 21.6 Å². The summed E-state index contributed by atoms with van der Waals surface area (Å²) in [5.74, 6) is -0.421. The van der Waals surface area contributed by atoms with Crippen molar-refractivity contribution in [1.29, 1.82) is 0 Å². The van der Waals surface area contributed by atoms with Crippen molar-refractivity contribution >= 4 is 31.6 Å². The fourth-order valence-electron chi connectivity index (χ4n) is 3.73. The molecule has 0 radical (unpaired) electrons. The molecular weight excluding hydrogens is 476 g/mol. The van der Waals surface area contributed by atoms with E-state index in [1.54, 1.807) is 0 Å². The summed E-state index contributed by atoms with van der Waals surface area (Å²) in [6.45, 7) is 4.39. The van der Waals surface area contributed by atoms with Crippen LogP contribution in [0.4, 0.5) is 5.69 Å². The molecule has 0 saturated carbocycles. The summed E-state index contributed by atoms with van der Waals surface area (Å²) in [6, 6.07) is 13.8. The standard InChI is InChI=1S/C23H32N4O5S2/c1-19-6-4-7-21(18-19)26-13-15-27(16-14-26)33(29,30)17-5-12-24-23(28)20-8-10-22(11-9-20)34(31,32)25(2)3/h4,6-11,18H,5,12-17H2,1-3H3,(H,24,28). The van der Waals surface area contributed by atoms with Crippen LogP contribution in [0.1, 0.15) is 22.3 Å². The Kier molecular flexibility index (Phi) is 8.34. The highest BCUT2D eigenvalue weighted by Crippen LogP contribution is 2.19. The van der Waals surface area contributed by atoms with Crippen LogP contribution < -0.4 is 10.2 Å². The fraction of sp³-hybridized carbons (Fsp3) is 0.435. The second kappa shape index (κ2) is 10.9. The van der Waals surface area contributed by atoms with E-state index >= 15 is 0 Å². The smallest absolute Gasteiger partial charge is 0.251 e. The quantitative estimate of drug-likeness (QED) is 0.515. The second-order valence-electron chi connectivity index (χ2n) is 8.46. The summed E-state index contributed by atoms with van der Waals surface area (Å²) >= 11 is 0. The fourth-order valence-corrected chi connectivity index (χ4v) is 6.11. The molecule has 2 aromatic rings. The molecule has 34 heavy (non-hydrogen) atoms. The Balaban J connectivity index is 1.45. The lowest BCUT2D eigenvalue weighted by Gasteiger charge is -2.35. The van der Waals surface area contributed by atoms with Crippen molar-refractivity contribution < 1.29 is 21.6 Å². The molecular formula is C23H32N4O5S2. The highest BCUT2D eigenvalue weighted by molar-refractivity contribution is 7.89. The molecule has 9 nitrogen and oxygen atoms in total. The van der Waals surface area contributed by atoms with Crippen LogP contribution in [0.25, 0.3) is 0 Å². The average molecular weight is 509 g/mol. The van der Waals surface area contributed by atoms with Gasteiger partial charge in [0.1, 0.15) is 0 Å². The van der Waals surface area contributed by atoms with Crippen molar-refractivity contribution in [2.45, 2.75) is 18.2 Å². The van der Waals surface area contributed by atoms with Gasteiger partial charge in [0.05, 0.1) is 10.6 Å². The summed E-state index contributed by atoms with van der Waals surface area (Å²) in [7, 11) is -4.09. The van der Waals surface area contributed by atoms with Crippen molar-refractivity contribution in [2.24, 2.45) is 0 Å². The van der Waals surface area contributed by atoms with Crippen molar-refractivity contribution in [3.8, 4) is 0 Å². The highest BCUT2D eigenvalue weighted by atomic mass is 32.2. The van der Waals surface area contributed by atoms with E-state index < -0.39 is 20.0 Å². The molecule has 1 aliphatic heterocycles. The Morgan fingerprint density at radius 1 is 0.971 bits per heavy atom. The molecule has 0 spiro atoms. The third-order valence-electron chi connectivity index (χ3n) is 5.76. The maximum absolute atomic E-state index is 12.7. The summed E-state index contributed by atoms with van der Waals surface area (Å²) in [5, 5.41) is 2.70. The van der Waals surface area contributed by atoms with E-state index in [0.717, 1.165) is 9.99 Å². The number of sulfonamides is 2. The SMILES string of the molecule is Cc1cccc(N2CCN(S(=O)(=O)CCCNC(=O)c3ccc(S(=O)(=O)N(C)C)cc3)CC2)c1. The zero-order chi connectivity index (χ0) is 24.9. The Labute approximate surface area is 202 Å². The molecule has 1 N–H and O–H groups in total. The van der Waals surface area contributed by atoms with Crippen molar-refractivity contribution in [3.05, 3.63) is 59.7 Å². The number of rotatable bonds is 9. The molecule has 0 atom stereocenters. The van der Waals surface area contributed by atoms with Crippen LogP contribution >= 0.6 is 0 Å². The molecule has 0 bridgehead atoms. The summed E-state index contributed by atoms with van der Waals surface area (Å²) < 4.78 is 52.3. The molecule has 1 amide bonds. The van der Waals surface area contributed by atoms with Crippen LogP contribution in [-0.4, -0.2) is 83.9 Å². The average Bonchev–Trinajstić information content (AvgIpc) is 2.82. The van der Waals surface area contributed by atoms with Gasteiger partial charge in [-0.1, -0.05) is 12.1 Å². The first-order chi connectivity index (χ1) is 16.0. The number of amides is 1. The number of anilines is 1. The Morgan fingerprint density at radius 3 is 2.21 bits per heavy atom. The number of carbonyl (C=O) groups excluding carboxylic acids is 1. The normalized spacial score (nSPS) is 15.5. The predicted molar refractivity (Wildman–Crippen MR) is 133 cm³/mol. The first kappa shape index (κ1) is 26.1. The molecule has 0 unspecified atom stereocenters. The Hall–Kier alpha value is -2.47. The van der Waals surface area contributed by atoms with E-state index in [2.05, 4.69) is 16.3 Å². The molecule has 1 saturated heterocycles. The monoisotopic (exact) mass is 508 g/mol. The van der Waals surface area contributed by atoms with E-state index in [1.165, 1.54) is 48.2 Å². The van der Waals surface area contributed by atoms with Crippen LogP contribution in [0.15, 0.2) is 53.4 Å². The number of hydrogen-bond acceptors (Lipinski definition) is 6. The van der Waals surface area contributed by atoms with Gasteiger partial charge in [0.2, 0.25) is 20.0 Å². The lowest BCUT2D eigenvalue weighted by atomic mass is 10.2. The van der Waals surface area contributed by atoms with Gasteiger partial charge in [0, 0.05) is 58.1 Å². The third-order valence-corrected chi connectivity index (χ3v) is 9.54. The van der Waals surface area contributed by atoms with Gasteiger partial charge < -0.3 is 10.2 Å². The number of piperazine rings is 1. The van der Waals surface area contributed by atoms with Crippen LogP contribution in [0.3, 0.4) is 0 Å². The number of nitrogens with one attached hydrogen (secondary N) is 1. The predicted octanol–water partition coefficient (Wildman–Crippen LogP) is 1.52. The number of benzene rings is 2. The second-order valence-corrected chi connectivity index (χ2v) is 12.7.